The number of nitrogens with zero attached hydrogens (tertiary/aromatic N) is 1. The van der Waals surface area contributed by atoms with E-state index in [1.165, 1.54) is 12.7 Å². The Morgan fingerprint density at radius 1 is 1.56 bits per heavy atom. The Morgan fingerprint density at radius 2 is 2.25 bits per heavy atom. The standard InChI is InChI=1S/C12H20N2O2/c1-12(2,11(15)16-4)9-14-6-5-10(8-14)7-13-3/h5-6,8,13H,7,9H2,1-4H3. The number of methoxy groups -OCH3 is 1. The van der Waals surface area contributed by atoms with Crippen LogP contribution in [0, 0.1) is 5.41 Å². The van der Waals surface area contributed by atoms with Crippen LogP contribution < -0.4 is 5.32 Å². The normalized spacial score (nSPS) is 11.5. The molecule has 90 valence electrons. The Kier molecular flexibility index (Phi) is 4.12. The van der Waals surface area contributed by atoms with E-state index >= 15 is 0 Å². The summed E-state index contributed by atoms with van der Waals surface area (Å²) in [5.74, 6) is -0.184. The third-order valence-corrected chi connectivity index (χ3v) is 2.51. The minimum absolute atomic E-state index is 0.184. The van der Waals surface area contributed by atoms with E-state index in [0.717, 1.165) is 6.54 Å². The first-order chi connectivity index (χ1) is 7.49. The van der Waals surface area contributed by atoms with E-state index in [4.69, 9.17) is 4.74 Å². The van der Waals surface area contributed by atoms with Gasteiger partial charge < -0.3 is 14.6 Å². The van der Waals surface area contributed by atoms with Gasteiger partial charge in [0.1, 0.15) is 0 Å². The molecule has 0 aliphatic carbocycles. The molecule has 0 fully saturated rings. The molecule has 1 heterocycles. The van der Waals surface area contributed by atoms with E-state index in [1.54, 1.807) is 0 Å². The van der Waals surface area contributed by atoms with Gasteiger partial charge in [-0.05, 0) is 32.5 Å². The quantitative estimate of drug-likeness (QED) is 0.769. The van der Waals surface area contributed by atoms with Gasteiger partial charge in [0.2, 0.25) is 0 Å². The minimum Gasteiger partial charge on any atom is -0.469 e. The zero-order chi connectivity index (χ0) is 12.2. The predicted molar refractivity (Wildman–Crippen MR) is 63.0 cm³/mol. The molecule has 0 saturated heterocycles. The number of hydrogen-bond donors (Lipinski definition) is 1. The summed E-state index contributed by atoms with van der Waals surface area (Å²) in [6.45, 7) is 5.24. The lowest BCUT2D eigenvalue weighted by Gasteiger charge is -2.21. The van der Waals surface area contributed by atoms with Crippen molar-refractivity contribution in [2.75, 3.05) is 14.2 Å². The number of ether oxygens (including phenoxy) is 1. The highest BCUT2D eigenvalue weighted by molar-refractivity contribution is 5.75. The van der Waals surface area contributed by atoms with E-state index in [-0.39, 0.29) is 5.97 Å². The van der Waals surface area contributed by atoms with Crippen molar-refractivity contribution in [2.45, 2.75) is 26.9 Å². The van der Waals surface area contributed by atoms with Crippen LogP contribution in [0.15, 0.2) is 18.5 Å². The zero-order valence-electron chi connectivity index (χ0n) is 10.4. The minimum atomic E-state index is -0.495. The molecule has 0 bridgehead atoms. The van der Waals surface area contributed by atoms with Crippen LogP contribution in [0.2, 0.25) is 0 Å². The largest absolute Gasteiger partial charge is 0.469 e. The van der Waals surface area contributed by atoms with Crippen molar-refractivity contribution in [1.29, 1.82) is 0 Å². The van der Waals surface area contributed by atoms with Crippen molar-refractivity contribution in [1.82, 2.24) is 9.88 Å². The molecule has 16 heavy (non-hydrogen) atoms. The van der Waals surface area contributed by atoms with Crippen LogP contribution in [-0.2, 0) is 22.6 Å². The van der Waals surface area contributed by atoms with Gasteiger partial charge in [-0.15, -0.1) is 0 Å². The number of nitrogens with one attached hydrogen (secondary N) is 1. The van der Waals surface area contributed by atoms with Crippen LogP contribution in [0.1, 0.15) is 19.4 Å². The fourth-order valence-corrected chi connectivity index (χ4v) is 1.69. The first-order valence-corrected chi connectivity index (χ1v) is 5.37. The molecule has 0 unspecified atom stereocenters. The van der Waals surface area contributed by atoms with Gasteiger partial charge in [-0.3, -0.25) is 4.79 Å². The molecule has 0 atom stereocenters. The first-order valence-electron chi connectivity index (χ1n) is 5.37. The molecule has 1 rings (SSSR count). The average Bonchev–Trinajstić information content (AvgIpc) is 2.64. The smallest absolute Gasteiger partial charge is 0.313 e. The Morgan fingerprint density at radius 3 is 2.81 bits per heavy atom. The molecule has 0 aliphatic heterocycles. The SMILES string of the molecule is CNCc1ccn(CC(C)(C)C(=O)OC)c1. The highest BCUT2D eigenvalue weighted by Gasteiger charge is 2.28. The van der Waals surface area contributed by atoms with Crippen molar-refractivity contribution in [3.8, 4) is 0 Å². The first kappa shape index (κ1) is 12.8. The molecule has 0 radical (unpaired) electrons. The molecule has 1 aromatic rings. The van der Waals surface area contributed by atoms with Crippen LogP contribution in [-0.4, -0.2) is 24.7 Å². The molecule has 4 nitrogen and oxygen atoms in total. The van der Waals surface area contributed by atoms with E-state index in [2.05, 4.69) is 5.32 Å². The van der Waals surface area contributed by atoms with Crippen LogP contribution in [0.3, 0.4) is 0 Å². The van der Waals surface area contributed by atoms with Crippen molar-refractivity contribution < 1.29 is 9.53 Å². The third-order valence-electron chi connectivity index (χ3n) is 2.51. The molecular weight excluding hydrogens is 204 g/mol. The molecule has 0 spiro atoms. The van der Waals surface area contributed by atoms with Gasteiger partial charge in [-0.2, -0.15) is 0 Å². The maximum atomic E-state index is 11.5. The summed E-state index contributed by atoms with van der Waals surface area (Å²) >= 11 is 0. The molecule has 4 heteroatoms. The van der Waals surface area contributed by atoms with E-state index in [9.17, 15) is 4.79 Å². The highest BCUT2D eigenvalue weighted by atomic mass is 16.5. The van der Waals surface area contributed by atoms with Gasteiger partial charge >= 0.3 is 5.97 Å². The summed E-state index contributed by atoms with van der Waals surface area (Å²) in [5.41, 5.74) is 0.716. The fraction of sp³-hybridized carbons (Fsp3) is 0.583. The lowest BCUT2D eigenvalue weighted by molar-refractivity contribution is -0.151. The molecule has 1 aromatic heterocycles. The Bertz CT molecular complexity index is 356. The van der Waals surface area contributed by atoms with Crippen molar-refractivity contribution >= 4 is 5.97 Å². The summed E-state index contributed by atoms with van der Waals surface area (Å²) in [4.78, 5) is 11.5. The number of carbonyl (C=O) groups is 1. The number of hydrogen-bond acceptors (Lipinski definition) is 3. The summed E-state index contributed by atoms with van der Waals surface area (Å²) in [6, 6.07) is 2.05. The number of aromatic nitrogens is 1. The molecule has 0 aliphatic rings. The second-order valence-electron chi connectivity index (χ2n) is 4.60. The zero-order valence-corrected chi connectivity index (χ0v) is 10.4. The second kappa shape index (κ2) is 5.16. The summed E-state index contributed by atoms with van der Waals surface area (Å²) in [5, 5.41) is 3.09. The molecular formula is C12H20N2O2. The van der Waals surface area contributed by atoms with Crippen LogP contribution in [0.4, 0.5) is 0 Å². The van der Waals surface area contributed by atoms with Crippen LogP contribution >= 0.6 is 0 Å². The maximum absolute atomic E-state index is 11.5. The van der Waals surface area contributed by atoms with Crippen molar-refractivity contribution in [3.63, 3.8) is 0 Å². The number of rotatable bonds is 5. The average molecular weight is 224 g/mol. The summed E-state index contributed by atoms with van der Waals surface area (Å²) in [7, 11) is 3.34. The van der Waals surface area contributed by atoms with Gasteiger partial charge in [0.05, 0.1) is 12.5 Å². The Hall–Kier alpha value is -1.29. The number of carbonyl (C=O) groups excluding carboxylic acids is 1. The van der Waals surface area contributed by atoms with E-state index in [1.807, 2.05) is 43.9 Å². The maximum Gasteiger partial charge on any atom is 0.313 e. The topological polar surface area (TPSA) is 43.3 Å². The summed E-state index contributed by atoms with van der Waals surface area (Å²) in [6.07, 6.45) is 4.03. The highest BCUT2D eigenvalue weighted by Crippen LogP contribution is 2.20. The van der Waals surface area contributed by atoms with Gasteiger partial charge in [0, 0.05) is 25.5 Å². The second-order valence-corrected chi connectivity index (χ2v) is 4.60. The fourth-order valence-electron chi connectivity index (χ4n) is 1.69. The summed E-state index contributed by atoms with van der Waals surface area (Å²) < 4.78 is 6.79. The molecule has 0 saturated carbocycles. The van der Waals surface area contributed by atoms with Gasteiger partial charge in [-0.25, -0.2) is 0 Å². The lowest BCUT2D eigenvalue weighted by atomic mass is 9.94. The Balaban J connectivity index is 2.68. The van der Waals surface area contributed by atoms with Gasteiger partial charge in [-0.1, -0.05) is 0 Å². The van der Waals surface area contributed by atoms with Crippen molar-refractivity contribution in [2.24, 2.45) is 5.41 Å². The van der Waals surface area contributed by atoms with Crippen LogP contribution in [0.5, 0.6) is 0 Å². The van der Waals surface area contributed by atoms with Gasteiger partial charge in [0.15, 0.2) is 0 Å². The predicted octanol–water partition coefficient (Wildman–Crippen LogP) is 1.41. The molecule has 0 aromatic carbocycles. The van der Waals surface area contributed by atoms with E-state index in [0.29, 0.717) is 6.54 Å². The lowest BCUT2D eigenvalue weighted by Crippen LogP contribution is -2.30. The van der Waals surface area contributed by atoms with Crippen LogP contribution in [0.25, 0.3) is 0 Å². The number of esters is 1. The Labute approximate surface area is 96.6 Å². The molecule has 1 N–H and O–H groups in total. The van der Waals surface area contributed by atoms with Crippen molar-refractivity contribution in [3.05, 3.63) is 24.0 Å². The molecule has 0 amide bonds. The van der Waals surface area contributed by atoms with Gasteiger partial charge in [0.25, 0.3) is 0 Å². The van der Waals surface area contributed by atoms with E-state index < -0.39 is 5.41 Å². The monoisotopic (exact) mass is 224 g/mol. The third kappa shape index (κ3) is 3.10.